The van der Waals surface area contributed by atoms with Crippen molar-refractivity contribution in [1.82, 2.24) is 9.88 Å². The first-order chi connectivity index (χ1) is 11.5. The number of likely N-dealkylation sites (tertiary alicyclic amines) is 1. The molecule has 134 valence electrons. The molecule has 1 saturated heterocycles. The molecule has 0 aromatic carbocycles. The van der Waals surface area contributed by atoms with Crippen LogP contribution in [-0.4, -0.2) is 48.9 Å². The molecule has 0 amide bonds. The van der Waals surface area contributed by atoms with Crippen molar-refractivity contribution < 1.29 is 14.6 Å². The summed E-state index contributed by atoms with van der Waals surface area (Å²) in [6, 6.07) is 1.81. The van der Waals surface area contributed by atoms with Crippen LogP contribution in [0, 0.1) is 5.41 Å². The van der Waals surface area contributed by atoms with Crippen molar-refractivity contribution in [3.63, 3.8) is 0 Å². The molecule has 1 aromatic rings. The Kier molecular flexibility index (Phi) is 6.63. The lowest BCUT2D eigenvalue weighted by molar-refractivity contribution is 0.0298. The first-order valence-corrected chi connectivity index (χ1v) is 8.56. The van der Waals surface area contributed by atoms with E-state index in [2.05, 4.69) is 29.8 Å². The van der Waals surface area contributed by atoms with Crippen molar-refractivity contribution >= 4 is 0 Å². The van der Waals surface area contributed by atoms with Crippen LogP contribution in [0.25, 0.3) is 0 Å². The van der Waals surface area contributed by atoms with Crippen LogP contribution in [0.4, 0.5) is 0 Å². The smallest absolute Gasteiger partial charge is 0.183 e. The van der Waals surface area contributed by atoms with Crippen LogP contribution in [0.5, 0.6) is 11.5 Å². The van der Waals surface area contributed by atoms with Crippen molar-refractivity contribution in [2.45, 2.75) is 39.7 Å². The first-order valence-electron chi connectivity index (χ1n) is 8.56. The summed E-state index contributed by atoms with van der Waals surface area (Å²) in [5.74, 6) is 1.40. The largest absolute Gasteiger partial charge is 0.493 e. The Balaban J connectivity index is 2.14. The number of rotatable bonds is 7. The predicted molar refractivity (Wildman–Crippen MR) is 95.4 cm³/mol. The van der Waals surface area contributed by atoms with Gasteiger partial charge in [0.05, 0.1) is 20.8 Å². The summed E-state index contributed by atoms with van der Waals surface area (Å²) in [5, 5.41) is 10.0. The number of aliphatic hydroxyl groups excluding tert-OH is 1. The molecule has 0 spiro atoms. The number of methoxy groups -OCH3 is 2. The third-order valence-electron chi connectivity index (χ3n) is 4.76. The molecule has 5 heteroatoms. The van der Waals surface area contributed by atoms with E-state index in [0.29, 0.717) is 18.0 Å². The van der Waals surface area contributed by atoms with Crippen LogP contribution in [0.2, 0.25) is 0 Å². The van der Waals surface area contributed by atoms with Gasteiger partial charge in [-0.25, -0.2) is 0 Å². The third kappa shape index (κ3) is 4.48. The zero-order valence-corrected chi connectivity index (χ0v) is 15.3. The Morgan fingerprint density at radius 3 is 2.79 bits per heavy atom. The van der Waals surface area contributed by atoms with Gasteiger partial charge in [-0.15, -0.1) is 0 Å². The number of piperidine rings is 1. The quantitative estimate of drug-likeness (QED) is 0.777. The molecule has 24 heavy (non-hydrogen) atoms. The zero-order valence-electron chi connectivity index (χ0n) is 15.3. The summed E-state index contributed by atoms with van der Waals surface area (Å²) in [5.41, 5.74) is 2.13. The van der Waals surface area contributed by atoms with Crippen LogP contribution in [-0.2, 0) is 6.54 Å². The number of ether oxygens (including phenoxy) is 2. The minimum Gasteiger partial charge on any atom is -0.493 e. The third-order valence-corrected chi connectivity index (χ3v) is 4.76. The molecule has 1 fully saturated rings. The van der Waals surface area contributed by atoms with Crippen LogP contribution in [0.1, 0.15) is 38.8 Å². The highest BCUT2D eigenvalue weighted by Crippen LogP contribution is 2.36. The molecule has 1 aliphatic rings. The Morgan fingerprint density at radius 2 is 2.17 bits per heavy atom. The van der Waals surface area contributed by atoms with Gasteiger partial charge >= 0.3 is 0 Å². The van der Waals surface area contributed by atoms with Gasteiger partial charge in [0.15, 0.2) is 11.5 Å². The standard InChI is InChI=1S/C19H30N2O3/c1-15(2)6-9-19(14-22)8-5-11-21(13-19)12-16-18(24-4)17(23-3)7-10-20-16/h6-7,10,22H,5,8-9,11-14H2,1-4H3/t19-/m1/s1. The number of hydrogen-bond acceptors (Lipinski definition) is 5. The van der Waals surface area contributed by atoms with E-state index in [4.69, 9.17) is 9.47 Å². The van der Waals surface area contributed by atoms with Gasteiger partial charge in [-0.3, -0.25) is 9.88 Å². The summed E-state index contributed by atoms with van der Waals surface area (Å²) in [4.78, 5) is 6.84. The van der Waals surface area contributed by atoms with Crippen molar-refractivity contribution in [3.05, 3.63) is 29.6 Å². The minimum absolute atomic E-state index is 0.0539. The number of allylic oxidation sites excluding steroid dienone is 2. The maximum atomic E-state index is 10.0. The second-order valence-electron chi connectivity index (χ2n) is 6.95. The van der Waals surface area contributed by atoms with E-state index in [0.717, 1.165) is 38.0 Å². The Labute approximate surface area is 145 Å². The van der Waals surface area contributed by atoms with Gasteiger partial charge in [0, 0.05) is 30.8 Å². The van der Waals surface area contributed by atoms with E-state index in [1.807, 2.05) is 6.07 Å². The molecule has 0 radical (unpaired) electrons. The van der Waals surface area contributed by atoms with E-state index in [1.54, 1.807) is 20.4 Å². The van der Waals surface area contributed by atoms with E-state index >= 15 is 0 Å². The average Bonchev–Trinajstić information content (AvgIpc) is 2.60. The normalized spacial score (nSPS) is 21.4. The van der Waals surface area contributed by atoms with Crippen molar-refractivity contribution in [1.29, 1.82) is 0 Å². The fourth-order valence-corrected chi connectivity index (χ4v) is 3.40. The van der Waals surface area contributed by atoms with Gasteiger partial charge in [-0.05, 0) is 39.7 Å². The molecule has 1 aliphatic heterocycles. The Bertz CT molecular complexity index is 570. The topological polar surface area (TPSA) is 54.8 Å². The summed E-state index contributed by atoms with van der Waals surface area (Å²) in [6.45, 7) is 7.02. The fourth-order valence-electron chi connectivity index (χ4n) is 3.40. The number of aromatic nitrogens is 1. The summed E-state index contributed by atoms with van der Waals surface area (Å²) in [6.07, 6.45) is 7.06. The molecule has 1 atom stereocenters. The molecule has 0 unspecified atom stereocenters. The average molecular weight is 334 g/mol. The highest BCUT2D eigenvalue weighted by Gasteiger charge is 2.34. The monoisotopic (exact) mass is 334 g/mol. The Morgan fingerprint density at radius 1 is 1.38 bits per heavy atom. The van der Waals surface area contributed by atoms with Gasteiger partial charge in [-0.1, -0.05) is 11.6 Å². The van der Waals surface area contributed by atoms with Crippen LogP contribution < -0.4 is 9.47 Å². The second kappa shape index (κ2) is 8.49. The van der Waals surface area contributed by atoms with Gasteiger partial charge in [-0.2, -0.15) is 0 Å². The summed E-state index contributed by atoms with van der Waals surface area (Å²) >= 11 is 0. The maximum absolute atomic E-state index is 10.0. The minimum atomic E-state index is -0.0539. The highest BCUT2D eigenvalue weighted by molar-refractivity contribution is 5.42. The number of pyridine rings is 1. The summed E-state index contributed by atoms with van der Waals surface area (Å²) in [7, 11) is 3.28. The van der Waals surface area contributed by atoms with Crippen molar-refractivity contribution in [3.8, 4) is 11.5 Å². The maximum Gasteiger partial charge on any atom is 0.183 e. The van der Waals surface area contributed by atoms with E-state index in [1.165, 1.54) is 5.57 Å². The molecular formula is C19H30N2O3. The second-order valence-corrected chi connectivity index (χ2v) is 6.95. The van der Waals surface area contributed by atoms with Crippen LogP contribution >= 0.6 is 0 Å². The van der Waals surface area contributed by atoms with Crippen LogP contribution in [0.3, 0.4) is 0 Å². The lowest BCUT2D eigenvalue weighted by Crippen LogP contribution is -2.44. The SMILES string of the molecule is COc1ccnc(CN2CCC[C@@](CO)(CC=C(C)C)C2)c1OC. The number of hydrogen-bond donors (Lipinski definition) is 1. The van der Waals surface area contributed by atoms with Crippen molar-refractivity contribution in [2.75, 3.05) is 33.9 Å². The molecule has 2 rings (SSSR count). The molecule has 1 aromatic heterocycles. The molecule has 2 heterocycles. The molecule has 1 N–H and O–H groups in total. The van der Waals surface area contributed by atoms with E-state index in [-0.39, 0.29) is 12.0 Å². The molecule has 0 saturated carbocycles. The van der Waals surface area contributed by atoms with Crippen molar-refractivity contribution in [2.24, 2.45) is 5.41 Å². The zero-order chi connectivity index (χ0) is 17.6. The lowest BCUT2D eigenvalue weighted by Gasteiger charge is -2.41. The predicted octanol–water partition coefficient (Wildman–Crippen LogP) is 3.03. The first kappa shape index (κ1) is 18.7. The lowest BCUT2D eigenvalue weighted by atomic mass is 9.77. The van der Waals surface area contributed by atoms with Gasteiger partial charge in [0.2, 0.25) is 0 Å². The van der Waals surface area contributed by atoms with Gasteiger partial charge < -0.3 is 14.6 Å². The Hall–Kier alpha value is -1.59. The van der Waals surface area contributed by atoms with Gasteiger partial charge in [0.1, 0.15) is 5.69 Å². The summed E-state index contributed by atoms with van der Waals surface area (Å²) < 4.78 is 10.9. The fraction of sp³-hybridized carbons (Fsp3) is 0.632. The van der Waals surface area contributed by atoms with Gasteiger partial charge in [0.25, 0.3) is 0 Å². The number of nitrogens with zero attached hydrogens (tertiary/aromatic N) is 2. The van der Waals surface area contributed by atoms with E-state index in [9.17, 15) is 5.11 Å². The van der Waals surface area contributed by atoms with Crippen LogP contribution in [0.15, 0.2) is 23.9 Å². The molecule has 0 aliphatic carbocycles. The molecule has 5 nitrogen and oxygen atoms in total. The molecule has 0 bridgehead atoms. The van der Waals surface area contributed by atoms with E-state index < -0.39 is 0 Å². The molecular weight excluding hydrogens is 304 g/mol. The highest BCUT2D eigenvalue weighted by atomic mass is 16.5. The number of aliphatic hydroxyl groups is 1.